The highest BCUT2D eigenvalue weighted by Crippen LogP contribution is 2.32. The molecule has 2 fully saturated rings. The average molecular weight is 181 g/mol. The SMILES string of the molecule is C[C@@H]1CCC[C@@H]2CC[C@H](C)C(=O)N21. The molecule has 13 heavy (non-hydrogen) atoms. The van der Waals surface area contributed by atoms with Gasteiger partial charge in [-0.3, -0.25) is 4.79 Å². The minimum absolute atomic E-state index is 0.275. The number of hydrogen-bond donors (Lipinski definition) is 0. The van der Waals surface area contributed by atoms with Gasteiger partial charge in [-0.15, -0.1) is 0 Å². The van der Waals surface area contributed by atoms with Crippen molar-refractivity contribution in [3.05, 3.63) is 0 Å². The van der Waals surface area contributed by atoms with Crippen molar-refractivity contribution in [3.63, 3.8) is 0 Å². The van der Waals surface area contributed by atoms with Crippen LogP contribution in [0.5, 0.6) is 0 Å². The van der Waals surface area contributed by atoms with Gasteiger partial charge in [0.25, 0.3) is 0 Å². The summed E-state index contributed by atoms with van der Waals surface area (Å²) >= 11 is 0. The molecule has 1 amide bonds. The highest BCUT2D eigenvalue weighted by Gasteiger charge is 2.37. The number of fused-ring (bicyclic) bond motifs is 1. The fourth-order valence-corrected chi connectivity index (χ4v) is 2.79. The smallest absolute Gasteiger partial charge is 0.225 e. The summed E-state index contributed by atoms with van der Waals surface area (Å²) in [4.78, 5) is 14.1. The molecule has 74 valence electrons. The summed E-state index contributed by atoms with van der Waals surface area (Å²) < 4.78 is 0. The van der Waals surface area contributed by atoms with E-state index < -0.39 is 0 Å². The van der Waals surface area contributed by atoms with Gasteiger partial charge in [-0.2, -0.15) is 0 Å². The zero-order valence-corrected chi connectivity index (χ0v) is 8.62. The Labute approximate surface area is 80.3 Å². The molecule has 0 bridgehead atoms. The lowest BCUT2D eigenvalue weighted by atomic mass is 9.85. The van der Waals surface area contributed by atoms with Gasteiger partial charge in [-0.1, -0.05) is 6.92 Å². The standard InChI is InChI=1S/C11H19NO/c1-8-6-7-10-5-3-4-9(2)12(10)11(8)13/h8-10H,3-7H2,1-2H3/t8-,9+,10+/m0/s1. The van der Waals surface area contributed by atoms with Crippen LogP contribution in [0.25, 0.3) is 0 Å². The van der Waals surface area contributed by atoms with Crippen molar-refractivity contribution in [2.45, 2.75) is 58.0 Å². The van der Waals surface area contributed by atoms with E-state index in [0.717, 1.165) is 6.42 Å². The van der Waals surface area contributed by atoms with Crippen LogP contribution in [0.15, 0.2) is 0 Å². The lowest BCUT2D eigenvalue weighted by Gasteiger charge is -2.45. The predicted octanol–water partition coefficient (Wildman–Crippen LogP) is 2.19. The van der Waals surface area contributed by atoms with Gasteiger partial charge in [0.15, 0.2) is 0 Å². The van der Waals surface area contributed by atoms with Crippen molar-refractivity contribution >= 4 is 5.91 Å². The number of carbonyl (C=O) groups excluding carboxylic acids is 1. The Bertz CT molecular complexity index is 214. The highest BCUT2D eigenvalue weighted by atomic mass is 16.2. The number of amides is 1. The first-order chi connectivity index (χ1) is 6.20. The third-order valence-electron chi connectivity index (χ3n) is 3.64. The number of rotatable bonds is 0. The van der Waals surface area contributed by atoms with E-state index in [-0.39, 0.29) is 5.92 Å². The normalized spacial score (nSPS) is 40.3. The minimum atomic E-state index is 0.275. The number of carbonyl (C=O) groups is 1. The lowest BCUT2D eigenvalue weighted by Crippen LogP contribution is -2.53. The van der Waals surface area contributed by atoms with Gasteiger partial charge in [0.05, 0.1) is 0 Å². The first-order valence-electron chi connectivity index (χ1n) is 5.52. The van der Waals surface area contributed by atoms with Crippen LogP contribution in [0.3, 0.4) is 0 Å². The second-order valence-electron chi connectivity index (χ2n) is 4.66. The van der Waals surface area contributed by atoms with Crippen molar-refractivity contribution in [2.24, 2.45) is 5.92 Å². The zero-order chi connectivity index (χ0) is 9.42. The molecule has 3 atom stereocenters. The Morgan fingerprint density at radius 1 is 1.15 bits per heavy atom. The molecule has 0 aliphatic carbocycles. The van der Waals surface area contributed by atoms with Crippen LogP contribution in [0.1, 0.15) is 46.0 Å². The van der Waals surface area contributed by atoms with E-state index in [9.17, 15) is 4.79 Å². The third-order valence-corrected chi connectivity index (χ3v) is 3.64. The number of piperidine rings is 2. The third kappa shape index (κ3) is 1.47. The van der Waals surface area contributed by atoms with E-state index in [0.29, 0.717) is 18.0 Å². The first kappa shape index (κ1) is 9.04. The molecule has 0 aromatic rings. The van der Waals surface area contributed by atoms with E-state index in [4.69, 9.17) is 0 Å². The second kappa shape index (κ2) is 3.32. The zero-order valence-electron chi connectivity index (χ0n) is 8.62. The van der Waals surface area contributed by atoms with Crippen LogP contribution in [0.2, 0.25) is 0 Å². The quantitative estimate of drug-likeness (QED) is 0.561. The van der Waals surface area contributed by atoms with E-state index in [1.165, 1.54) is 25.7 Å². The van der Waals surface area contributed by atoms with Crippen molar-refractivity contribution in [3.8, 4) is 0 Å². The molecule has 2 aliphatic rings. The van der Waals surface area contributed by atoms with Gasteiger partial charge in [-0.05, 0) is 39.0 Å². The molecule has 2 rings (SSSR count). The molecule has 2 aliphatic heterocycles. The largest absolute Gasteiger partial charge is 0.337 e. The Kier molecular flexibility index (Phi) is 2.31. The number of hydrogen-bond acceptors (Lipinski definition) is 1. The summed E-state index contributed by atoms with van der Waals surface area (Å²) in [5, 5.41) is 0. The summed E-state index contributed by atoms with van der Waals surface area (Å²) in [6.07, 6.45) is 6.09. The van der Waals surface area contributed by atoms with E-state index in [1.807, 2.05) is 0 Å². The maximum absolute atomic E-state index is 11.9. The summed E-state index contributed by atoms with van der Waals surface area (Å²) in [6, 6.07) is 1.07. The fraction of sp³-hybridized carbons (Fsp3) is 0.909. The topological polar surface area (TPSA) is 20.3 Å². The molecule has 2 heteroatoms. The maximum atomic E-state index is 11.9. The number of nitrogens with zero attached hydrogens (tertiary/aromatic N) is 1. The van der Waals surface area contributed by atoms with Crippen LogP contribution >= 0.6 is 0 Å². The summed E-state index contributed by atoms with van der Waals surface area (Å²) in [7, 11) is 0. The van der Waals surface area contributed by atoms with E-state index >= 15 is 0 Å². The molecule has 0 unspecified atom stereocenters. The van der Waals surface area contributed by atoms with Gasteiger partial charge < -0.3 is 4.90 Å². The molecule has 0 radical (unpaired) electrons. The van der Waals surface area contributed by atoms with Crippen molar-refractivity contribution in [2.75, 3.05) is 0 Å². The van der Waals surface area contributed by atoms with Gasteiger partial charge in [0.2, 0.25) is 5.91 Å². The molecular formula is C11H19NO. The average Bonchev–Trinajstić information content (AvgIpc) is 2.12. The van der Waals surface area contributed by atoms with Gasteiger partial charge in [-0.25, -0.2) is 0 Å². The molecule has 0 spiro atoms. The summed E-state index contributed by atoms with van der Waals surface area (Å²) in [5.41, 5.74) is 0. The van der Waals surface area contributed by atoms with Crippen molar-refractivity contribution < 1.29 is 4.79 Å². The van der Waals surface area contributed by atoms with Crippen LogP contribution in [-0.4, -0.2) is 22.9 Å². The van der Waals surface area contributed by atoms with Gasteiger partial charge in [0.1, 0.15) is 0 Å². The Morgan fingerprint density at radius 2 is 1.92 bits per heavy atom. The van der Waals surface area contributed by atoms with E-state index in [1.54, 1.807) is 0 Å². The van der Waals surface area contributed by atoms with Crippen LogP contribution in [-0.2, 0) is 4.79 Å². The summed E-state index contributed by atoms with van der Waals surface area (Å²) in [6.45, 7) is 4.27. The molecule has 2 nitrogen and oxygen atoms in total. The Balaban J connectivity index is 2.15. The molecular weight excluding hydrogens is 162 g/mol. The maximum Gasteiger partial charge on any atom is 0.225 e. The Hall–Kier alpha value is -0.530. The van der Waals surface area contributed by atoms with Crippen LogP contribution in [0, 0.1) is 5.92 Å². The first-order valence-corrected chi connectivity index (χ1v) is 5.52. The molecule has 0 aromatic carbocycles. The molecule has 0 N–H and O–H groups in total. The highest BCUT2D eigenvalue weighted by molar-refractivity contribution is 5.80. The van der Waals surface area contributed by atoms with Gasteiger partial charge in [0, 0.05) is 18.0 Å². The van der Waals surface area contributed by atoms with Crippen LogP contribution in [0.4, 0.5) is 0 Å². The van der Waals surface area contributed by atoms with Gasteiger partial charge >= 0.3 is 0 Å². The lowest BCUT2D eigenvalue weighted by molar-refractivity contribution is -0.146. The van der Waals surface area contributed by atoms with Crippen molar-refractivity contribution in [1.82, 2.24) is 4.90 Å². The van der Waals surface area contributed by atoms with Crippen LogP contribution < -0.4 is 0 Å². The monoisotopic (exact) mass is 181 g/mol. The minimum Gasteiger partial charge on any atom is -0.337 e. The molecule has 2 heterocycles. The molecule has 0 aromatic heterocycles. The fourth-order valence-electron chi connectivity index (χ4n) is 2.79. The molecule has 2 saturated heterocycles. The Morgan fingerprint density at radius 3 is 2.69 bits per heavy atom. The predicted molar refractivity (Wildman–Crippen MR) is 52.3 cm³/mol. The van der Waals surface area contributed by atoms with E-state index in [2.05, 4.69) is 18.7 Å². The van der Waals surface area contributed by atoms with Crippen molar-refractivity contribution in [1.29, 1.82) is 0 Å². The second-order valence-corrected chi connectivity index (χ2v) is 4.66. The summed E-state index contributed by atoms with van der Waals surface area (Å²) in [5.74, 6) is 0.681. The molecule has 0 saturated carbocycles.